The Kier molecular flexibility index (Phi) is 5.73. The van der Waals surface area contributed by atoms with E-state index in [2.05, 4.69) is 5.32 Å². The second-order valence-electron chi connectivity index (χ2n) is 7.78. The molecule has 1 N–H and O–H groups in total. The predicted molar refractivity (Wildman–Crippen MR) is 104 cm³/mol. The molecule has 8 heteroatoms. The van der Waals surface area contributed by atoms with Gasteiger partial charge in [0, 0.05) is 38.3 Å². The lowest BCUT2D eigenvalue weighted by Gasteiger charge is -2.38. The number of benzene rings is 1. The Bertz CT molecular complexity index is 752. The minimum absolute atomic E-state index is 0.00570. The molecule has 0 radical (unpaired) electrons. The molecule has 1 aromatic carbocycles. The Balaban J connectivity index is 1.42. The Hall–Kier alpha value is -1.86. The molecule has 2 aliphatic heterocycles. The van der Waals surface area contributed by atoms with Crippen LogP contribution in [0.3, 0.4) is 0 Å². The van der Waals surface area contributed by atoms with Crippen molar-refractivity contribution in [3.63, 3.8) is 0 Å². The van der Waals surface area contributed by atoms with E-state index in [-0.39, 0.29) is 40.6 Å². The van der Waals surface area contributed by atoms with Gasteiger partial charge in [0.15, 0.2) is 5.82 Å². The molecule has 0 spiro atoms. The highest BCUT2D eigenvalue weighted by Crippen LogP contribution is 2.35. The molecule has 1 unspecified atom stereocenters. The van der Waals surface area contributed by atoms with Gasteiger partial charge in [-0.2, -0.15) is 0 Å². The van der Waals surface area contributed by atoms with E-state index in [1.807, 2.05) is 4.90 Å². The van der Waals surface area contributed by atoms with Crippen LogP contribution in [0, 0.1) is 11.7 Å². The fourth-order valence-electron chi connectivity index (χ4n) is 4.11. The highest BCUT2D eigenvalue weighted by molar-refractivity contribution is 6.31. The molecule has 4 rings (SSSR count). The minimum Gasteiger partial charge on any atom is -0.381 e. The number of likely N-dealkylation sites (tertiary alicyclic amines) is 1. The maximum Gasteiger partial charge on any atom is 0.321 e. The smallest absolute Gasteiger partial charge is 0.321 e. The SMILES string of the molecule is O=C(Nc1cccc(Cl)c1F)N1CCC(N(C(=O)C2CC2)C2CCOCC2)C1. The van der Waals surface area contributed by atoms with E-state index < -0.39 is 5.82 Å². The van der Waals surface area contributed by atoms with Gasteiger partial charge >= 0.3 is 6.03 Å². The summed E-state index contributed by atoms with van der Waals surface area (Å²) in [7, 11) is 0. The Morgan fingerprint density at radius 1 is 1.14 bits per heavy atom. The third kappa shape index (κ3) is 4.10. The number of nitrogens with one attached hydrogen (secondary N) is 1. The number of amides is 3. The molecule has 3 amide bonds. The molecule has 0 bridgehead atoms. The second kappa shape index (κ2) is 8.25. The maximum absolute atomic E-state index is 14.1. The summed E-state index contributed by atoms with van der Waals surface area (Å²) in [5.74, 6) is -0.271. The minimum atomic E-state index is -0.638. The van der Waals surface area contributed by atoms with E-state index in [0.29, 0.717) is 26.3 Å². The molecule has 1 aromatic rings. The molecule has 0 aromatic heterocycles. The fourth-order valence-corrected chi connectivity index (χ4v) is 4.28. The predicted octanol–water partition coefficient (Wildman–Crippen LogP) is 3.50. The zero-order chi connectivity index (χ0) is 19.7. The largest absolute Gasteiger partial charge is 0.381 e. The van der Waals surface area contributed by atoms with Crippen molar-refractivity contribution in [2.24, 2.45) is 5.92 Å². The number of hydrogen-bond donors (Lipinski definition) is 1. The van der Waals surface area contributed by atoms with Crippen LogP contribution in [0.15, 0.2) is 18.2 Å². The first kappa shape index (κ1) is 19.5. The van der Waals surface area contributed by atoms with E-state index in [4.69, 9.17) is 16.3 Å². The second-order valence-corrected chi connectivity index (χ2v) is 8.19. The van der Waals surface area contributed by atoms with Gasteiger partial charge in [0.25, 0.3) is 0 Å². The van der Waals surface area contributed by atoms with Gasteiger partial charge in [-0.1, -0.05) is 17.7 Å². The number of rotatable bonds is 4. The lowest BCUT2D eigenvalue weighted by Crippen LogP contribution is -2.51. The quantitative estimate of drug-likeness (QED) is 0.827. The molecule has 2 heterocycles. The summed E-state index contributed by atoms with van der Waals surface area (Å²) < 4.78 is 19.5. The summed E-state index contributed by atoms with van der Waals surface area (Å²) >= 11 is 5.78. The number of nitrogens with zero attached hydrogens (tertiary/aromatic N) is 2. The Morgan fingerprint density at radius 2 is 1.89 bits per heavy atom. The number of hydrogen-bond acceptors (Lipinski definition) is 3. The monoisotopic (exact) mass is 409 g/mol. The van der Waals surface area contributed by atoms with Gasteiger partial charge in [-0.3, -0.25) is 4.79 Å². The van der Waals surface area contributed by atoms with Crippen LogP contribution in [0.4, 0.5) is 14.9 Å². The van der Waals surface area contributed by atoms with Crippen LogP contribution in [-0.4, -0.2) is 60.1 Å². The first-order valence-corrected chi connectivity index (χ1v) is 10.3. The molecule has 1 saturated carbocycles. The lowest BCUT2D eigenvalue weighted by molar-refractivity contribution is -0.139. The summed E-state index contributed by atoms with van der Waals surface area (Å²) in [6.07, 6.45) is 4.35. The molecule has 28 heavy (non-hydrogen) atoms. The average molecular weight is 410 g/mol. The van der Waals surface area contributed by atoms with Gasteiger partial charge in [-0.15, -0.1) is 0 Å². The van der Waals surface area contributed by atoms with Gasteiger partial charge in [-0.05, 0) is 44.2 Å². The summed E-state index contributed by atoms with van der Waals surface area (Å²) in [5.41, 5.74) is 0.0660. The number of carbonyl (C=O) groups is 2. The van der Waals surface area contributed by atoms with Crippen LogP contribution >= 0.6 is 11.6 Å². The van der Waals surface area contributed by atoms with Crippen LogP contribution in [0.2, 0.25) is 5.02 Å². The average Bonchev–Trinajstić information content (AvgIpc) is 3.45. The zero-order valence-corrected chi connectivity index (χ0v) is 16.5. The number of carbonyl (C=O) groups excluding carboxylic acids is 2. The van der Waals surface area contributed by atoms with Gasteiger partial charge in [0.1, 0.15) is 0 Å². The van der Waals surface area contributed by atoms with E-state index >= 15 is 0 Å². The van der Waals surface area contributed by atoms with Crippen molar-refractivity contribution in [3.05, 3.63) is 29.0 Å². The van der Waals surface area contributed by atoms with Crippen LogP contribution in [0.25, 0.3) is 0 Å². The topological polar surface area (TPSA) is 61.9 Å². The van der Waals surface area contributed by atoms with E-state index in [9.17, 15) is 14.0 Å². The first-order chi connectivity index (χ1) is 13.5. The molecule has 1 aliphatic carbocycles. The molecule has 3 aliphatic rings. The first-order valence-electron chi connectivity index (χ1n) is 9.94. The highest BCUT2D eigenvalue weighted by Gasteiger charge is 2.42. The zero-order valence-electron chi connectivity index (χ0n) is 15.7. The molecule has 6 nitrogen and oxygen atoms in total. The van der Waals surface area contributed by atoms with E-state index in [1.54, 1.807) is 11.0 Å². The molecular weight excluding hydrogens is 385 g/mol. The van der Waals surface area contributed by atoms with Gasteiger partial charge in [0.2, 0.25) is 5.91 Å². The number of urea groups is 1. The van der Waals surface area contributed by atoms with Crippen molar-refractivity contribution in [1.82, 2.24) is 9.80 Å². The number of halogens is 2. The van der Waals surface area contributed by atoms with Crippen molar-refractivity contribution in [2.45, 2.75) is 44.2 Å². The fraction of sp³-hybridized carbons (Fsp3) is 0.600. The summed E-state index contributed by atoms with van der Waals surface area (Å²) in [4.78, 5) is 29.2. The highest BCUT2D eigenvalue weighted by atomic mass is 35.5. The number of ether oxygens (including phenoxy) is 1. The van der Waals surface area contributed by atoms with Crippen LogP contribution in [0.1, 0.15) is 32.1 Å². The molecule has 3 fully saturated rings. The van der Waals surface area contributed by atoms with Crippen LogP contribution in [0.5, 0.6) is 0 Å². The van der Waals surface area contributed by atoms with Gasteiger partial charge in [0.05, 0.1) is 16.8 Å². The number of anilines is 1. The molecule has 1 atom stereocenters. The van der Waals surface area contributed by atoms with Crippen LogP contribution in [-0.2, 0) is 9.53 Å². The molecule has 152 valence electrons. The Labute approximate surface area is 168 Å². The van der Waals surface area contributed by atoms with Crippen LogP contribution < -0.4 is 5.32 Å². The van der Waals surface area contributed by atoms with Crippen molar-refractivity contribution >= 4 is 29.2 Å². The Morgan fingerprint density at radius 3 is 2.61 bits per heavy atom. The molecule has 2 saturated heterocycles. The summed E-state index contributed by atoms with van der Waals surface area (Å²) in [6.45, 7) is 2.34. The van der Waals surface area contributed by atoms with E-state index in [0.717, 1.165) is 32.1 Å². The summed E-state index contributed by atoms with van der Waals surface area (Å²) in [5, 5.41) is 2.57. The normalized spacial score (nSPS) is 22.9. The van der Waals surface area contributed by atoms with Crippen molar-refractivity contribution < 1.29 is 18.7 Å². The van der Waals surface area contributed by atoms with Gasteiger partial charge < -0.3 is 19.9 Å². The maximum atomic E-state index is 14.1. The summed E-state index contributed by atoms with van der Waals surface area (Å²) in [6, 6.07) is 4.33. The van der Waals surface area contributed by atoms with Crippen molar-refractivity contribution in [2.75, 3.05) is 31.6 Å². The van der Waals surface area contributed by atoms with Gasteiger partial charge in [-0.25, -0.2) is 9.18 Å². The molecular formula is C20H25ClFN3O3. The van der Waals surface area contributed by atoms with E-state index in [1.165, 1.54) is 12.1 Å². The lowest BCUT2D eigenvalue weighted by atomic mass is 10.0. The van der Waals surface area contributed by atoms with Crippen molar-refractivity contribution in [3.8, 4) is 0 Å². The standard InChI is InChI=1S/C20H25ClFN3O3/c21-16-2-1-3-17(18(16)22)23-20(27)24-9-6-15(12-24)25(19(26)13-4-5-13)14-7-10-28-11-8-14/h1-3,13-15H,4-12H2,(H,23,27). The third-order valence-corrected chi connectivity index (χ3v) is 6.09. The third-order valence-electron chi connectivity index (χ3n) is 5.80. The van der Waals surface area contributed by atoms with Crippen molar-refractivity contribution in [1.29, 1.82) is 0 Å².